The van der Waals surface area contributed by atoms with Crippen LogP contribution in [0.3, 0.4) is 0 Å². The second-order valence-corrected chi connectivity index (χ2v) is 4.69. The molecule has 2 rings (SSSR count). The number of hydrogen-bond acceptors (Lipinski definition) is 4. The minimum atomic E-state index is -0.542. The van der Waals surface area contributed by atoms with E-state index in [0.717, 1.165) is 0 Å². The van der Waals surface area contributed by atoms with Gasteiger partial charge in [0.2, 0.25) is 0 Å². The van der Waals surface area contributed by atoms with Crippen LogP contribution in [0.2, 0.25) is 0 Å². The molecule has 2 heterocycles. The van der Waals surface area contributed by atoms with Crippen LogP contribution in [0.15, 0.2) is 12.1 Å². The second-order valence-electron chi connectivity index (χ2n) is 4.69. The molecule has 1 aromatic rings. The first-order valence-corrected chi connectivity index (χ1v) is 5.86. The lowest BCUT2D eigenvalue weighted by Gasteiger charge is -2.35. The number of aromatic nitrogens is 1. The van der Waals surface area contributed by atoms with Gasteiger partial charge in [-0.05, 0) is 24.8 Å². The Kier molecular flexibility index (Phi) is 3.33. The third-order valence-corrected chi connectivity index (χ3v) is 2.94. The van der Waals surface area contributed by atoms with Crippen molar-refractivity contribution in [2.45, 2.75) is 25.9 Å². The molecular weight excluding hydrogens is 236 g/mol. The largest absolute Gasteiger partial charge is 0.358 e. The van der Waals surface area contributed by atoms with Crippen LogP contribution in [-0.2, 0) is 0 Å². The molecule has 0 bridgehead atoms. The standard InChI is InChI=1S/C11H16N4O3/c1-7-5-14(6-8(2)12-7)11(16)9-3-4-10(13-9)15(17)18/h3-4,7-8,12-13H,5-6H2,1-2H3. The molecule has 18 heavy (non-hydrogen) atoms. The molecule has 1 fully saturated rings. The van der Waals surface area contributed by atoms with Gasteiger partial charge in [0.05, 0.1) is 0 Å². The summed E-state index contributed by atoms with van der Waals surface area (Å²) in [4.78, 5) is 26.4. The fourth-order valence-corrected chi connectivity index (χ4v) is 2.28. The van der Waals surface area contributed by atoms with Crippen LogP contribution < -0.4 is 5.32 Å². The number of aromatic amines is 1. The normalized spacial score (nSPS) is 24.0. The van der Waals surface area contributed by atoms with Gasteiger partial charge in [-0.1, -0.05) is 0 Å². The predicted molar refractivity (Wildman–Crippen MR) is 65.4 cm³/mol. The lowest BCUT2D eigenvalue weighted by atomic mass is 10.1. The lowest BCUT2D eigenvalue weighted by Crippen LogP contribution is -2.55. The Morgan fingerprint density at radius 1 is 1.39 bits per heavy atom. The van der Waals surface area contributed by atoms with Crippen molar-refractivity contribution in [2.75, 3.05) is 13.1 Å². The van der Waals surface area contributed by atoms with Crippen LogP contribution in [0, 0.1) is 10.1 Å². The van der Waals surface area contributed by atoms with E-state index in [1.54, 1.807) is 4.90 Å². The minimum absolute atomic E-state index is 0.158. The molecule has 0 aliphatic carbocycles. The van der Waals surface area contributed by atoms with Gasteiger partial charge in [0, 0.05) is 31.2 Å². The average Bonchev–Trinajstić information content (AvgIpc) is 2.75. The Morgan fingerprint density at radius 3 is 2.50 bits per heavy atom. The average molecular weight is 252 g/mol. The fourth-order valence-electron chi connectivity index (χ4n) is 2.28. The summed E-state index contributed by atoms with van der Waals surface area (Å²) in [7, 11) is 0. The Bertz CT molecular complexity index is 461. The van der Waals surface area contributed by atoms with E-state index >= 15 is 0 Å². The first-order valence-electron chi connectivity index (χ1n) is 5.86. The van der Waals surface area contributed by atoms with Crippen molar-refractivity contribution in [3.05, 3.63) is 27.9 Å². The lowest BCUT2D eigenvalue weighted by molar-refractivity contribution is -0.389. The molecule has 2 atom stereocenters. The van der Waals surface area contributed by atoms with Gasteiger partial charge in [0.25, 0.3) is 5.91 Å². The zero-order valence-electron chi connectivity index (χ0n) is 10.3. The SMILES string of the molecule is CC1CN(C(=O)c2ccc([N+](=O)[O-])[nH]2)CC(C)N1. The number of H-pyrrole nitrogens is 1. The Hall–Kier alpha value is -1.89. The number of carbonyl (C=O) groups excluding carboxylic acids is 1. The van der Waals surface area contributed by atoms with Crippen LogP contribution in [0.1, 0.15) is 24.3 Å². The van der Waals surface area contributed by atoms with Crippen molar-refractivity contribution in [3.63, 3.8) is 0 Å². The molecule has 1 amide bonds. The third kappa shape index (κ3) is 2.51. The highest BCUT2D eigenvalue weighted by Gasteiger charge is 2.28. The monoisotopic (exact) mass is 252 g/mol. The number of nitrogens with zero attached hydrogens (tertiary/aromatic N) is 2. The summed E-state index contributed by atoms with van der Waals surface area (Å²) >= 11 is 0. The minimum Gasteiger partial charge on any atom is -0.358 e. The number of hydrogen-bond donors (Lipinski definition) is 2. The van der Waals surface area contributed by atoms with Gasteiger partial charge in [0.15, 0.2) is 5.69 Å². The molecule has 0 saturated carbocycles. The molecule has 7 heteroatoms. The summed E-state index contributed by atoms with van der Waals surface area (Å²) in [5, 5.41) is 13.9. The van der Waals surface area contributed by atoms with E-state index in [4.69, 9.17) is 0 Å². The summed E-state index contributed by atoms with van der Waals surface area (Å²) in [6.45, 7) is 5.23. The van der Waals surface area contributed by atoms with Crippen LogP contribution in [0.5, 0.6) is 0 Å². The van der Waals surface area contributed by atoms with E-state index in [9.17, 15) is 14.9 Å². The van der Waals surface area contributed by atoms with Crippen molar-refractivity contribution in [1.29, 1.82) is 0 Å². The maximum Gasteiger partial charge on any atom is 0.321 e. The van der Waals surface area contributed by atoms with Crippen LogP contribution in [0.25, 0.3) is 0 Å². The van der Waals surface area contributed by atoms with Crippen molar-refractivity contribution >= 4 is 11.7 Å². The molecule has 0 spiro atoms. The summed E-state index contributed by atoms with van der Waals surface area (Å²) < 4.78 is 0. The molecule has 1 saturated heterocycles. The van der Waals surface area contributed by atoms with Gasteiger partial charge in [-0.2, -0.15) is 0 Å². The zero-order valence-corrected chi connectivity index (χ0v) is 10.3. The van der Waals surface area contributed by atoms with E-state index in [1.807, 2.05) is 13.8 Å². The quantitative estimate of drug-likeness (QED) is 0.600. The Labute approximate surface area is 104 Å². The highest BCUT2D eigenvalue weighted by Crippen LogP contribution is 2.14. The predicted octanol–water partition coefficient (Wildman–Crippen LogP) is 0.745. The molecule has 0 radical (unpaired) electrons. The van der Waals surface area contributed by atoms with Crippen molar-refractivity contribution in [2.24, 2.45) is 0 Å². The molecule has 2 unspecified atom stereocenters. The number of rotatable bonds is 2. The van der Waals surface area contributed by atoms with Crippen molar-refractivity contribution in [3.8, 4) is 0 Å². The third-order valence-electron chi connectivity index (χ3n) is 2.94. The summed E-state index contributed by atoms with van der Waals surface area (Å²) in [6.07, 6.45) is 0. The highest BCUT2D eigenvalue weighted by atomic mass is 16.6. The maximum atomic E-state index is 12.2. The van der Waals surface area contributed by atoms with E-state index in [-0.39, 0.29) is 29.5 Å². The first kappa shape index (κ1) is 12.6. The Morgan fingerprint density at radius 2 is 2.00 bits per heavy atom. The molecular formula is C11H16N4O3. The number of nitro groups is 1. The smallest absolute Gasteiger partial charge is 0.321 e. The fraction of sp³-hybridized carbons (Fsp3) is 0.545. The van der Waals surface area contributed by atoms with Gasteiger partial charge < -0.3 is 20.3 Å². The number of carbonyl (C=O) groups is 1. The topological polar surface area (TPSA) is 91.3 Å². The molecule has 2 N–H and O–H groups in total. The number of amides is 1. The van der Waals surface area contributed by atoms with Gasteiger partial charge >= 0.3 is 5.82 Å². The van der Waals surface area contributed by atoms with Gasteiger partial charge in [-0.3, -0.25) is 4.79 Å². The number of piperazine rings is 1. The van der Waals surface area contributed by atoms with E-state index in [2.05, 4.69) is 10.3 Å². The van der Waals surface area contributed by atoms with Crippen molar-refractivity contribution in [1.82, 2.24) is 15.2 Å². The maximum absolute atomic E-state index is 12.2. The van der Waals surface area contributed by atoms with E-state index in [0.29, 0.717) is 13.1 Å². The molecule has 0 aromatic carbocycles. The molecule has 7 nitrogen and oxygen atoms in total. The van der Waals surface area contributed by atoms with Gasteiger partial charge in [-0.25, -0.2) is 4.98 Å². The summed E-state index contributed by atoms with van der Waals surface area (Å²) in [5.41, 5.74) is 0.267. The summed E-state index contributed by atoms with van der Waals surface area (Å²) in [6, 6.07) is 3.21. The molecule has 1 aromatic heterocycles. The second kappa shape index (κ2) is 4.77. The van der Waals surface area contributed by atoms with Crippen LogP contribution in [0.4, 0.5) is 5.82 Å². The highest BCUT2D eigenvalue weighted by molar-refractivity contribution is 5.93. The van der Waals surface area contributed by atoms with Gasteiger partial charge in [0.1, 0.15) is 0 Å². The van der Waals surface area contributed by atoms with Crippen molar-refractivity contribution < 1.29 is 9.72 Å². The zero-order chi connectivity index (χ0) is 13.3. The molecule has 1 aliphatic rings. The Balaban J connectivity index is 2.12. The van der Waals surface area contributed by atoms with E-state index < -0.39 is 4.92 Å². The molecule has 98 valence electrons. The molecule has 1 aliphatic heterocycles. The van der Waals surface area contributed by atoms with E-state index in [1.165, 1.54) is 12.1 Å². The first-order chi connectivity index (χ1) is 8.47. The van der Waals surface area contributed by atoms with Crippen LogP contribution in [-0.4, -0.2) is 45.9 Å². The number of nitrogens with one attached hydrogen (secondary N) is 2. The summed E-state index contributed by atoms with van der Waals surface area (Å²) in [5.74, 6) is -0.349. The van der Waals surface area contributed by atoms with Gasteiger partial charge in [-0.15, -0.1) is 0 Å². The van der Waals surface area contributed by atoms with Crippen LogP contribution >= 0.6 is 0 Å².